The zero-order chi connectivity index (χ0) is 14.0. The lowest BCUT2D eigenvalue weighted by Gasteiger charge is -2.23. The highest BCUT2D eigenvalue weighted by Gasteiger charge is 2.43. The molecule has 1 heterocycles. The van der Waals surface area contributed by atoms with Gasteiger partial charge in [-0.05, 0) is 24.7 Å². The number of carbonyl (C=O) groups excluding carboxylic acids is 1. The lowest BCUT2D eigenvalue weighted by molar-refractivity contribution is -0.141. The van der Waals surface area contributed by atoms with E-state index in [0.29, 0.717) is 6.54 Å². The van der Waals surface area contributed by atoms with Crippen molar-refractivity contribution in [1.82, 2.24) is 10.2 Å². The zero-order valence-corrected chi connectivity index (χ0v) is 11.3. The van der Waals surface area contributed by atoms with Crippen molar-refractivity contribution in [3.63, 3.8) is 0 Å². The van der Waals surface area contributed by atoms with Crippen LogP contribution in [0.1, 0.15) is 39.0 Å². The van der Waals surface area contributed by atoms with Crippen LogP contribution in [0.2, 0.25) is 0 Å². The molecule has 0 aromatic heterocycles. The van der Waals surface area contributed by atoms with E-state index >= 15 is 0 Å². The maximum absolute atomic E-state index is 12.0. The van der Waals surface area contributed by atoms with E-state index < -0.39 is 18.1 Å². The van der Waals surface area contributed by atoms with Crippen molar-refractivity contribution >= 4 is 12.0 Å². The number of likely N-dealkylation sites (tertiary alicyclic amines) is 1. The molecule has 3 N–H and O–H groups in total. The fraction of sp³-hybridized carbons (Fsp3) is 0.846. The Hall–Kier alpha value is -1.30. The summed E-state index contributed by atoms with van der Waals surface area (Å²) < 4.78 is 0. The molecule has 0 aromatic carbocycles. The van der Waals surface area contributed by atoms with Crippen LogP contribution in [0.3, 0.4) is 0 Å². The van der Waals surface area contributed by atoms with Gasteiger partial charge in [-0.2, -0.15) is 0 Å². The van der Waals surface area contributed by atoms with Gasteiger partial charge in [-0.15, -0.1) is 0 Å². The van der Waals surface area contributed by atoms with E-state index in [1.807, 2.05) is 0 Å². The number of aliphatic carboxylic acids is 1. The molecule has 0 unspecified atom stereocenters. The third kappa shape index (κ3) is 3.18. The van der Waals surface area contributed by atoms with E-state index in [1.165, 1.54) is 4.90 Å². The Bertz CT molecular complexity index is 368. The lowest BCUT2D eigenvalue weighted by atomic mass is 10.0. The molecule has 0 bridgehead atoms. The molecule has 1 saturated heterocycles. The number of carbonyl (C=O) groups is 2. The van der Waals surface area contributed by atoms with Gasteiger partial charge in [0.15, 0.2) is 0 Å². The van der Waals surface area contributed by atoms with E-state index in [0.717, 1.165) is 25.7 Å². The first-order chi connectivity index (χ1) is 8.97. The Morgan fingerprint density at radius 3 is 2.63 bits per heavy atom. The molecule has 108 valence electrons. The summed E-state index contributed by atoms with van der Waals surface area (Å²) in [5.74, 6) is -1.05. The number of carboxylic acid groups (broad SMARTS) is 1. The minimum Gasteiger partial charge on any atom is -0.480 e. The standard InChI is InChI=1S/C13H22N2O4/c1-2-3-13(4-5-13)8-14-12(19)15-7-9(16)6-10(15)11(17)18/h9-10,16H,2-8H2,1H3,(H,14,19)(H,17,18)/t9-,10-/m0/s1. The van der Waals surface area contributed by atoms with E-state index in [9.17, 15) is 14.7 Å². The first kappa shape index (κ1) is 14.1. The maximum atomic E-state index is 12.0. The first-order valence-electron chi connectivity index (χ1n) is 6.93. The van der Waals surface area contributed by atoms with Crippen molar-refractivity contribution in [1.29, 1.82) is 0 Å². The van der Waals surface area contributed by atoms with E-state index in [2.05, 4.69) is 12.2 Å². The third-order valence-electron chi connectivity index (χ3n) is 4.18. The first-order valence-corrected chi connectivity index (χ1v) is 6.93. The molecule has 1 aliphatic carbocycles. The summed E-state index contributed by atoms with van der Waals surface area (Å²) in [6.07, 6.45) is 3.83. The number of aliphatic hydroxyl groups excluding tert-OH is 1. The van der Waals surface area contributed by atoms with Gasteiger partial charge >= 0.3 is 12.0 Å². The van der Waals surface area contributed by atoms with Crippen LogP contribution in [0.15, 0.2) is 0 Å². The van der Waals surface area contributed by atoms with Crippen molar-refractivity contribution in [2.45, 2.75) is 51.2 Å². The van der Waals surface area contributed by atoms with Gasteiger partial charge in [-0.3, -0.25) is 0 Å². The van der Waals surface area contributed by atoms with Crippen LogP contribution >= 0.6 is 0 Å². The smallest absolute Gasteiger partial charge is 0.326 e. The van der Waals surface area contributed by atoms with Crippen molar-refractivity contribution in [2.24, 2.45) is 5.41 Å². The minimum absolute atomic E-state index is 0.101. The number of rotatable bonds is 5. The molecule has 0 radical (unpaired) electrons. The molecule has 2 amide bonds. The summed E-state index contributed by atoms with van der Waals surface area (Å²) >= 11 is 0. The van der Waals surface area contributed by atoms with Crippen LogP contribution in [0.25, 0.3) is 0 Å². The second-order valence-corrected chi connectivity index (χ2v) is 5.80. The van der Waals surface area contributed by atoms with Gasteiger partial charge in [-0.25, -0.2) is 9.59 Å². The predicted octanol–water partition coefficient (Wildman–Crippen LogP) is 0.796. The van der Waals surface area contributed by atoms with Gasteiger partial charge in [0.25, 0.3) is 0 Å². The largest absolute Gasteiger partial charge is 0.480 e. The van der Waals surface area contributed by atoms with Crippen molar-refractivity contribution < 1.29 is 19.8 Å². The average Bonchev–Trinajstić information content (AvgIpc) is 3.00. The van der Waals surface area contributed by atoms with Gasteiger partial charge in [0.1, 0.15) is 6.04 Å². The van der Waals surface area contributed by atoms with E-state index in [1.54, 1.807) is 0 Å². The Morgan fingerprint density at radius 2 is 2.11 bits per heavy atom. The molecule has 0 aromatic rings. The second kappa shape index (κ2) is 5.36. The Balaban J connectivity index is 1.87. The number of β-amino-alcohol motifs (C(OH)–C–C–N with tert-alkyl or cyclic N) is 1. The molecule has 2 fully saturated rings. The number of amides is 2. The Labute approximate surface area is 112 Å². The monoisotopic (exact) mass is 270 g/mol. The van der Waals surface area contributed by atoms with E-state index in [4.69, 9.17) is 5.11 Å². The summed E-state index contributed by atoms with van der Waals surface area (Å²) in [5.41, 5.74) is 0.238. The average molecular weight is 270 g/mol. The molecule has 0 spiro atoms. The topological polar surface area (TPSA) is 89.9 Å². The quantitative estimate of drug-likeness (QED) is 0.689. The van der Waals surface area contributed by atoms with Crippen LogP contribution in [0, 0.1) is 5.41 Å². The fourth-order valence-electron chi connectivity index (χ4n) is 2.86. The lowest BCUT2D eigenvalue weighted by Crippen LogP contribution is -2.47. The number of urea groups is 1. The second-order valence-electron chi connectivity index (χ2n) is 5.80. The fourth-order valence-corrected chi connectivity index (χ4v) is 2.86. The molecule has 2 rings (SSSR count). The molecule has 6 nitrogen and oxygen atoms in total. The number of carboxylic acids is 1. The highest BCUT2D eigenvalue weighted by Crippen LogP contribution is 2.48. The summed E-state index contributed by atoms with van der Waals surface area (Å²) in [4.78, 5) is 24.3. The number of nitrogens with zero attached hydrogens (tertiary/aromatic N) is 1. The summed E-state index contributed by atoms with van der Waals surface area (Å²) in [6.45, 7) is 2.83. The Morgan fingerprint density at radius 1 is 1.42 bits per heavy atom. The van der Waals surface area contributed by atoms with Crippen molar-refractivity contribution in [3.05, 3.63) is 0 Å². The molecular weight excluding hydrogens is 248 g/mol. The summed E-state index contributed by atoms with van der Waals surface area (Å²) in [5, 5.41) is 21.4. The zero-order valence-electron chi connectivity index (χ0n) is 11.3. The Kier molecular flexibility index (Phi) is 3.99. The number of nitrogens with one attached hydrogen (secondary N) is 1. The predicted molar refractivity (Wildman–Crippen MR) is 68.7 cm³/mol. The van der Waals surface area contributed by atoms with Crippen molar-refractivity contribution in [2.75, 3.05) is 13.1 Å². The minimum atomic E-state index is -1.05. The third-order valence-corrected chi connectivity index (χ3v) is 4.18. The van der Waals surface area contributed by atoms with Gasteiger partial charge in [0, 0.05) is 19.5 Å². The molecule has 2 aliphatic rings. The molecule has 6 heteroatoms. The van der Waals surface area contributed by atoms with Gasteiger partial charge in [-0.1, -0.05) is 13.3 Å². The van der Waals surface area contributed by atoms with Crippen LogP contribution in [-0.4, -0.2) is 52.3 Å². The maximum Gasteiger partial charge on any atom is 0.326 e. The van der Waals surface area contributed by atoms with Gasteiger partial charge in [0.2, 0.25) is 0 Å². The van der Waals surface area contributed by atoms with E-state index in [-0.39, 0.29) is 24.4 Å². The highest BCUT2D eigenvalue weighted by molar-refractivity contribution is 5.83. The molecule has 19 heavy (non-hydrogen) atoms. The van der Waals surface area contributed by atoms with Gasteiger partial charge < -0.3 is 20.4 Å². The molecule has 1 saturated carbocycles. The summed E-state index contributed by atoms with van der Waals surface area (Å²) in [7, 11) is 0. The van der Waals surface area contributed by atoms with Crippen LogP contribution in [0.5, 0.6) is 0 Å². The molecule has 2 atom stereocenters. The normalized spacial score (nSPS) is 28.2. The van der Waals surface area contributed by atoms with Gasteiger partial charge in [0.05, 0.1) is 6.10 Å². The number of hydrogen-bond donors (Lipinski definition) is 3. The molecular formula is C13H22N2O4. The van der Waals surface area contributed by atoms with Crippen LogP contribution < -0.4 is 5.32 Å². The SMILES string of the molecule is CCCC1(CNC(=O)N2C[C@@H](O)C[C@H]2C(=O)O)CC1. The van der Waals surface area contributed by atoms with Crippen LogP contribution in [-0.2, 0) is 4.79 Å². The number of aliphatic hydroxyl groups is 1. The summed E-state index contributed by atoms with van der Waals surface area (Å²) in [6, 6.07) is -1.28. The van der Waals surface area contributed by atoms with Crippen molar-refractivity contribution in [3.8, 4) is 0 Å². The van der Waals surface area contributed by atoms with Crippen LogP contribution in [0.4, 0.5) is 4.79 Å². The highest BCUT2D eigenvalue weighted by atomic mass is 16.4. The molecule has 1 aliphatic heterocycles. The number of hydrogen-bond acceptors (Lipinski definition) is 3.